The van der Waals surface area contributed by atoms with E-state index in [2.05, 4.69) is 10.4 Å². The first kappa shape index (κ1) is 36.4. The normalized spacial score (nSPS) is 17.0. The summed E-state index contributed by atoms with van der Waals surface area (Å²) in [5.41, 5.74) is -0.317. The van der Waals surface area contributed by atoms with Gasteiger partial charge in [0.05, 0.1) is 5.69 Å². The lowest BCUT2D eigenvalue weighted by Crippen LogP contribution is -2.55. The van der Waals surface area contributed by atoms with Crippen molar-refractivity contribution in [2.45, 2.75) is 43.9 Å². The summed E-state index contributed by atoms with van der Waals surface area (Å²) >= 11 is 0. The highest BCUT2D eigenvalue weighted by Gasteiger charge is 2.37. The van der Waals surface area contributed by atoms with E-state index in [4.69, 9.17) is 4.74 Å². The Labute approximate surface area is 275 Å². The van der Waals surface area contributed by atoms with Gasteiger partial charge in [0, 0.05) is 45.2 Å². The molecule has 0 unspecified atom stereocenters. The van der Waals surface area contributed by atoms with Crippen LogP contribution in [0.25, 0.3) is 5.69 Å². The maximum atomic E-state index is 14.1. The molecule has 0 aliphatic carbocycles. The number of halogens is 4. The molecule has 266 valence electrons. The number of carbonyl (C=O) groups is 6. The summed E-state index contributed by atoms with van der Waals surface area (Å²) in [5.74, 6) is -5.53. The van der Waals surface area contributed by atoms with E-state index in [-0.39, 0.29) is 62.8 Å². The van der Waals surface area contributed by atoms with Gasteiger partial charge in [-0.15, -0.1) is 0 Å². The van der Waals surface area contributed by atoms with Gasteiger partial charge >= 0.3 is 18.2 Å². The molecule has 1 aromatic heterocycles. The van der Waals surface area contributed by atoms with Crippen molar-refractivity contribution in [3.05, 3.63) is 41.8 Å². The molecule has 5 amide bonds. The number of ether oxygens (including phenoxy) is 1. The van der Waals surface area contributed by atoms with Crippen LogP contribution in [0.5, 0.6) is 5.88 Å². The fourth-order valence-corrected chi connectivity index (χ4v) is 5.33. The summed E-state index contributed by atoms with van der Waals surface area (Å²) in [6.45, 7) is -2.21. The van der Waals surface area contributed by atoms with Crippen molar-refractivity contribution in [1.29, 1.82) is 0 Å². The Morgan fingerprint density at radius 2 is 1.69 bits per heavy atom. The zero-order valence-electron chi connectivity index (χ0n) is 25.8. The number of aromatic nitrogens is 2. The zero-order valence-corrected chi connectivity index (χ0v) is 25.8. The standard InChI is InChI=1S/C29H33F4N7O9/c30-17-3-1-4-18(13-17)40-23(49-15-22(41)39-8-2-5-21(39)26(45)34-16-29(31,32)33)14-20(36-40)25(44)35-19(6-7-24(42)43)27(46)37-9-11-38(12-10-37)28(47)48/h1,3-4,13-14,19,21H,2,5-12,15-16H2,(H,34,45)(H,35,44)(H,42,43)(H,47,48)/t19-,21-/m0/s1. The number of rotatable bonds is 12. The molecule has 2 aromatic rings. The highest BCUT2D eigenvalue weighted by atomic mass is 19.4. The molecule has 0 spiro atoms. The van der Waals surface area contributed by atoms with Crippen LogP contribution in [-0.4, -0.2) is 135 Å². The van der Waals surface area contributed by atoms with E-state index >= 15 is 0 Å². The fourth-order valence-electron chi connectivity index (χ4n) is 5.33. The van der Waals surface area contributed by atoms with Crippen LogP contribution in [0.3, 0.4) is 0 Å². The van der Waals surface area contributed by atoms with Crippen molar-refractivity contribution in [3.63, 3.8) is 0 Å². The minimum absolute atomic E-state index is 0.00660. The first-order valence-electron chi connectivity index (χ1n) is 15.0. The Kier molecular flexibility index (Phi) is 11.6. The highest BCUT2D eigenvalue weighted by molar-refractivity contribution is 5.96. The number of benzene rings is 1. The van der Waals surface area contributed by atoms with Crippen molar-refractivity contribution < 1.29 is 61.3 Å². The zero-order chi connectivity index (χ0) is 35.9. The molecule has 0 radical (unpaired) electrons. The Bertz CT molecular complexity index is 1580. The van der Waals surface area contributed by atoms with Crippen LogP contribution in [0.4, 0.5) is 22.4 Å². The van der Waals surface area contributed by atoms with Gasteiger partial charge in [-0.2, -0.15) is 18.3 Å². The van der Waals surface area contributed by atoms with Crippen LogP contribution in [0.15, 0.2) is 30.3 Å². The van der Waals surface area contributed by atoms with E-state index in [9.17, 15) is 56.5 Å². The number of piperazine rings is 1. The summed E-state index contributed by atoms with van der Waals surface area (Å²) < 4.78 is 58.5. The van der Waals surface area contributed by atoms with Crippen LogP contribution >= 0.6 is 0 Å². The molecule has 2 atom stereocenters. The molecule has 2 aliphatic heterocycles. The molecule has 16 nitrogen and oxygen atoms in total. The molecule has 4 rings (SSSR count). The number of nitrogens with zero attached hydrogens (tertiary/aromatic N) is 5. The fraction of sp³-hybridized carbons (Fsp3) is 0.483. The largest absolute Gasteiger partial charge is 0.481 e. The minimum Gasteiger partial charge on any atom is -0.481 e. The maximum absolute atomic E-state index is 14.1. The Morgan fingerprint density at radius 1 is 1.00 bits per heavy atom. The third-order valence-electron chi connectivity index (χ3n) is 7.76. The molecule has 2 fully saturated rings. The predicted molar refractivity (Wildman–Crippen MR) is 157 cm³/mol. The summed E-state index contributed by atoms with van der Waals surface area (Å²) in [5, 5.41) is 26.7. The van der Waals surface area contributed by atoms with Crippen LogP contribution in [0, 0.1) is 5.82 Å². The van der Waals surface area contributed by atoms with Crippen molar-refractivity contribution in [2.75, 3.05) is 45.9 Å². The molecule has 20 heteroatoms. The monoisotopic (exact) mass is 699 g/mol. The van der Waals surface area contributed by atoms with E-state index in [0.29, 0.717) is 6.42 Å². The second kappa shape index (κ2) is 15.6. The molecular weight excluding hydrogens is 666 g/mol. The summed E-state index contributed by atoms with van der Waals surface area (Å²) in [7, 11) is 0. The number of hydrogen-bond donors (Lipinski definition) is 4. The van der Waals surface area contributed by atoms with Gasteiger partial charge in [0.15, 0.2) is 12.3 Å². The van der Waals surface area contributed by atoms with E-state index in [1.54, 1.807) is 5.32 Å². The second-order valence-electron chi connectivity index (χ2n) is 11.2. The van der Waals surface area contributed by atoms with Gasteiger partial charge in [-0.05, 0) is 37.5 Å². The number of carboxylic acid groups (broad SMARTS) is 2. The SMILES string of the molecule is O=C(O)CC[C@H](NC(=O)c1cc(OCC(=O)N2CCC[C@H]2C(=O)NCC(F)(F)F)n(-c2cccc(F)c2)n1)C(=O)N1CCN(C(=O)O)CC1. The number of likely N-dealkylation sites (tertiary alicyclic amines) is 1. The van der Waals surface area contributed by atoms with Gasteiger partial charge in [0.1, 0.15) is 24.4 Å². The number of nitrogens with one attached hydrogen (secondary N) is 2. The van der Waals surface area contributed by atoms with Crippen molar-refractivity contribution in [1.82, 2.24) is 35.1 Å². The first-order valence-corrected chi connectivity index (χ1v) is 15.0. The molecule has 0 saturated carbocycles. The lowest BCUT2D eigenvalue weighted by molar-refractivity contribution is -0.145. The maximum Gasteiger partial charge on any atom is 0.407 e. The third kappa shape index (κ3) is 9.80. The molecular formula is C29H33F4N7O9. The van der Waals surface area contributed by atoms with Crippen LogP contribution in [0.2, 0.25) is 0 Å². The Hall–Kier alpha value is -5.43. The number of carbonyl (C=O) groups excluding carboxylic acids is 4. The lowest BCUT2D eigenvalue weighted by Gasteiger charge is -2.35. The molecule has 2 saturated heterocycles. The Morgan fingerprint density at radius 3 is 2.33 bits per heavy atom. The van der Waals surface area contributed by atoms with E-state index < -0.39 is 79.3 Å². The summed E-state index contributed by atoms with van der Waals surface area (Å²) in [6, 6.07) is 3.48. The number of hydrogen-bond acceptors (Lipinski definition) is 8. The second-order valence-corrected chi connectivity index (χ2v) is 11.2. The first-order chi connectivity index (χ1) is 23.1. The third-order valence-corrected chi connectivity index (χ3v) is 7.76. The quantitative estimate of drug-likeness (QED) is 0.230. The van der Waals surface area contributed by atoms with Gasteiger partial charge in [0.2, 0.25) is 17.7 Å². The molecule has 1 aromatic carbocycles. The van der Waals surface area contributed by atoms with Gasteiger partial charge in [-0.3, -0.25) is 24.0 Å². The number of amides is 5. The van der Waals surface area contributed by atoms with Crippen molar-refractivity contribution in [3.8, 4) is 11.6 Å². The highest BCUT2D eigenvalue weighted by Crippen LogP contribution is 2.23. The van der Waals surface area contributed by atoms with Crippen LogP contribution in [0.1, 0.15) is 36.2 Å². The van der Waals surface area contributed by atoms with E-state index in [1.807, 2.05) is 0 Å². The number of aliphatic carboxylic acids is 1. The summed E-state index contributed by atoms with van der Waals surface area (Å²) in [6.07, 6.45) is -6.15. The molecule has 49 heavy (non-hydrogen) atoms. The minimum atomic E-state index is -4.65. The van der Waals surface area contributed by atoms with Gasteiger partial charge < -0.3 is 40.3 Å². The molecule has 3 heterocycles. The average molecular weight is 700 g/mol. The van der Waals surface area contributed by atoms with Gasteiger partial charge in [-0.1, -0.05) is 6.07 Å². The van der Waals surface area contributed by atoms with Gasteiger partial charge in [-0.25, -0.2) is 13.9 Å². The number of carboxylic acids is 1. The Balaban J connectivity index is 1.51. The molecule has 0 bridgehead atoms. The predicted octanol–water partition coefficient (Wildman–Crippen LogP) is 0.845. The molecule has 2 aliphatic rings. The lowest BCUT2D eigenvalue weighted by atomic mass is 10.1. The van der Waals surface area contributed by atoms with Crippen molar-refractivity contribution in [2.24, 2.45) is 0 Å². The average Bonchev–Trinajstić information content (AvgIpc) is 3.72. The number of alkyl halides is 3. The van der Waals surface area contributed by atoms with E-state index in [1.165, 1.54) is 17.0 Å². The van der Waals surface area contributed by atoms with Gasteiger partial charge in [0.25, 0.3) is 11.8 Å². The van der Waals surface area contributed by atoms with Crippen LogP contribution in [-0.2, 0) is 19.2 Å². The van der Waals surface area contributed by atoms with Crippen molar-refractivity contribution >= 4 is 35.7 Å². The van der Waals surface area contributed by atoms with E-state index in [0.717, 1.165) is 32.7 Å². The summed E-state index contributed by atoms with van der Waals surface area (Å²) in [4.78, 5) is 78.0. The van der Waals surface area contributed by atoms with Crippen LogP contribution < -0.4 is 15.4 Å². The molecule has 4 N–H and O–H groups in total. The smallest absolute Gasteiger partial charge is 0.407 e. The topological polar surface area (TPSA) is 204 Å².